The second-order valence-electron chi connectivity index (χ2n) is 6.32. The molecule has 4 heteroatoms. The van der Waals surface area contributed by atoms with E-state index in [0.29, 0.717) is 19.8 Å². The van der Waals surface area contributed by atoms with Gasteiger partial charge in [-0.25, -0.2) is 0 Å². The number of aryl methyl sites for hydroxylation is 1. The lowest BCUT2D eigenvalue weighted by Gasteiger charge is -2.34. The van der Waals surface area contributed by atoms with Gasteiger partial charge in [0.05, 0.1) is 6.61 Å². The summed E-state index contributed by atoms with van der Waals surface area (Å²) in [6.45, 7) is 3.60. The summed E-state index contributed by atoms with van der Waals surface area (Å²) in [5.41, 5.74) is 0.691. The molecule has 0 radical (unpaired) electrons. The molecule has 0 spiro atoms. The Morgan fingerprint density at radius 3 is 2.90 bits per heavy atom. The van der Waals surface area contributed by atoms with Crippen molar-refractivity contribution in [1.82, 2.24) is 4.90 Å². The molecule has 2 saturated heterocycles. The van der Waals surface area contributed by atoms with Crippen LogP contribution in [-0.2, 0) is 16.0 Å². The van der Waals surface area contributed by atoms with Crippen LogP contribution in [0.15, 0.2) is 30.3 Å². The largest absolute Gasteiger partial charge is 0.481 e. The fourth-order valence-electron chi connectivity index (χ4n) is 3.72. The van der Waals surface area contributed by atoms with Crippen LogP contribution in [0, 0.1) is 11.3 Å². The predicted octanol–water partition coefficient (Wildman–Crippen LogP) is 2.04. The van der Waals surface area contributed by atoms with Crippen molar-refractivity contribution in [2.24, 2.45) is 11.3 Å². The maximum absolute atomic E-state index is 11.7. The van der Waals surface area contributed by atoms with E-state index in [-0.39, 0.29) is 5.92 Å². The molecule has 0 unspecified atom stereocenters. The molecule has 2 fully saturated rings. The van der Waals surface area contributed by atoms with Gasteiger partial charge < -0.3 is 14.7 Å². The van der Waals surface area contributed by atoms with Gasteiger partial charge in [0.2, 0.25) is 0 Å². The molecular formula is C17H23NO3. The number of ether oxygens (including phenoxy) is 1. The smallest absolute Gasteiger partial charge is 0.313 e. The van der Waals surface area contributed by atoms with Gasteiger partial charge >= 0.3 is 5.97 Å². The summed E-state index contributed by atoms with van der Waals surface area (Å²) >= 11 is 0. The van der Waals surface area contributed by atoms with Crippen LogP contribution in [0.3, 0.4) is 0 Å². The topological polar surface area (TPSA) is 49.8 Å². The lowest BCUT2D eigenvalue weighted by atomic mass is 9.76. The fraction of sp³-hybridized carbons (Fsp3) is 0.588. The van der Waals surface area contributed by atoms with E-state index in [1.54, 1.807) is 0 Å². The van der Waals surface area contributed by atoms with Gasteiger partial charge in [0, 0.05) is 19.7 Å². The molecular weight excluding hydrogens is 266 g/mol. The number of carboxylic acids is 1. The zero-order chi connectivity index (χ0) is 14.7. The number of carbonyl (C=O) groups is 1. The van der Waals surface area contributed by atoms with E-state index in [1.165, 1.54) is 5.56 Å². The van der Waals surface area contributed by atoms with Crippen molar-refractivity contribution in [1.29, 1.82) is 0 Å². The molecule has 3 rings (SSSR count). The molecule has 2 heterocycles. The van der Waals surface area contributed by atoms with Gasteiger partial charge in [0.15, 0.2) is 0 Å². The van der Waals surface area contributed by atoms with Crippen LogP contribution in [0.2, 0.25) is 0 Å². The highest BCUT2D eigenvalue weighted by atomic mass is 16.5. The predicted molar refractivity (Wildman–Crippen MR) is 80.2 cm³/mol. The molecule has 1 N–H and O–H groups in total. The number of nitrogens with zero attached hydrogens (tertiary/aromatic N) is 1. The average molecular weight is 289 g/mol. The molecule has 0 bridgehead atoms. The Morgan fingerprint density at radius 2 is 2.19 bits per heavy atom. The van der Waals surface area contributed by atoms with Gasteiger partial charge in [-0.3, -0.25) is 4.79 Å². The van der Waals surface area contributed by atoms with Crippen LogP contribution >= 0.6 is 0 Å². The SMILES string of the molecule is O=C(O)[C@]12COCC[C@H]1CN(CCCc1ccccc1)C2. The standard InChI is InChI=1S/C17H23NO3/c19-16(20)17-12-18(11-15(17)8-10-21-13-17)9-4-7-14-5-2-1-3-6-14/h1-3,5-6,15H,4,7-13H2,(H,19,20)/t15-,17+/m0/s1. The Bertz CT molecular complexity index is 490. The molecule has 2 atom stereocenters. The third-order valence-corrected chi connectivity index (χ3v) is 4.94. The van der Waals surface area contributed by atoms with Crippen LogP contribution < -0.4 is 0 Å². The molecule has 21 heavy (non-hydrogen) atoms. The quantitative estimate of drug-likeness (QED) is 0.901. The summed E-state index contributed by atoms with van der Waals surface area (Å²) in [7, 11) is 0. The molecule has 0 amide bonds. The van der Waals surface area contributed by atoms with Crippen molar-refractivity contribution in [3.63, 3.8) is 0 Å². The summed E-state index contributed by atoms with van der Waals surface area (Å²) in [6, 6.07) is 10.5. The van der Waals surface area contributed by atoms with Crippen molar-refractivity contribution in [3.05, 3.63) is 35.9 Å². The van der Waals surface area contributed by atoms with E-state index in [1.807, 2.05) is 6.07 Å². The van der Waals surface area contributed by atoms with E-state index < -0.39 is 11.4 Å². The number of rotatable bonds is 5. The van der Waals surface area contributed by atoms with Gasteiger partial charge in [0.1, 0.15) is 5.41 Å². The maximum atomic E-state index is 11.7. The maximum Gasteiger partial charge on any atom is 0.313 e. The van der Waals surface area contributed by atoms with E-state index in [4.69, 9.17) is 4.74 Å². The van der Waals surface area contributed by atoms with Crippen LogP contribution in [-0.4, -0.2) is 48.8 Å². The van der Waals surface area contributed by atoms with E-state index in [0.717, 1.165) is 32.4 Å². The number of hydrogen-bond acceptors (Lipinski definition) is 3. The highest BCUT2D eigenvalue weighted by Crippen LogP contribution is 2.41. The number of aliphatic carboxylic acids is 1. The highest BCUT2D eigenvalue weighted by molar-refractivity contribution is 5.76. The second-order valence-corrected chi connectivity index (χ2v) is 6.32. The minimum atomic E-state index is -0.683. The first-order chi connectivity index (χ1) is 10.2. The van der Waals surface area contributed by atoms with Crippen molar-refractivity contribution < 1.29 is 14.6 Å². The third-order valence-electron chi connectivity index (χ3n) is 4.94. The summed E-state index contributed by atoms with van der Waals surface area (Å²) in [5.74, 6) is -0.432. The first-order valence-corrected chi connectivity index (χ1v) is 7.78. The average Bonchev–Trinajstić information content (AvgIpc) is 2.88. The molecule has 1 aromatic rings. The summed E-state index contributed by atoms with van der Waals surface area (Å²) in [4.78, 5) is 14.0. The van der Waals surface area contributed by atoms with Crippen LogP contribution in [0.1, 0.15) is 18.4 Å². The molecule has 0 aromatic heterocycles. The van der Waals surface area contributed by atoms with Crippen molar-refractivity contribution in [3.8, 4) is 0 Å². The molecule has 0 aliphatic carbocycles. The van der Waals surface area contributed by atoms with Crippen molar-refractivity contribution in [2.45, 2.75) is 19.3 Å². The minimum Gasteiger partial charge on any atom is -0.481 e. The normalized spacial score (nSPS) is 29.2. The van der Waals surface area contributed by atoms with Gasteiger partial charge in [-0.2, -0.15) is 0 Å². The van der Waals surface area contributed by atoms with Gasteiger partial charge in [-0.05, 0) is 37.3 Å². The first-order valence-electron chi connectivity index (χ1n) is 7.78. The zero-order valence-electron chi connectivity index (χ0n) is 12.3. The fourth-order valence-corrected chi connectivity index (χ4v) is 3.72. The van der Waals surface area contributed by atoms with Crippen LogP contribution in [0.5, 0.6) is 0 Å². The monoisotopic (exact) mass is 289 g/mol. The number of benzene rings is 1. The Labute approximate surface area is 125 Å². The van der Waals surface area contributed by atoms with Crippen LogP contribution in [0.4, 0.5) is 0 Å². The third kappa shape index (κ3) is 2.97. The van der Waals surface area contributed by atoms with E-state index in [9.17, 15) is 9.90 Å². The Morgan fingerprint density at radius 1 is 1.38 bits per heavy atom. The molecule has 2 aliphatic rings. The lowest BCUT2D eigenvalue weighted by Crippen LogP contribution is -2.46. The Kier molecular flexibility index (Phi) is 4.27. The molecule has 2 aliphatic heterocycles. The van der Waals surface area contributed by atoms with Gasteiger partial charge in [-0.15, -0.1) is 0 Å². The molecule has 1 aromatic carbocycles. The Hall–Kier alpha value is -1.39. The number of carboxylic acid groups (broad SMARTS) is 1. The van der Waals surface area contributed by atoms with Gasteiger partial charge in [-0.1, -0.05) is 30.3 Å². The number of fused-ring (bicyclic) bond motifs is 1. The summed E-state index contributed by atoms with van der Waals surface area (Å²) in [5, 5.41) is 9.61. The minimum absolute atomic E-state index is 0.250. The van der Waals surface area contributed by atoms with Crippen molar-refractivity contribution in [2.75, 3.05) is 32.8 Å². The summed E-state index contributed by atoms with van der Waals surface area (Å²) in [6.07, 6.45) is 3.01. The Balaban J connectivity index is 1.55. The lowest BCUT2D eigenvalue weighted by molar-refractivity contribution is -0.159. The molecule has 114 valence electrons. The second kappa shape index (κ2) is 6.16. The molecule has 4 nitrogen and oxygen atoms in total. The van der Waals surface area contributed by atoms with E-state index in [2.05, 4.69) is 29.2 Å². The highest BCUT2D eigenvalue weighted by Gasteiger charge is 2.53. The van der Waals surface area contributed by atoms with Crippen LogP contribution in [0.25, 0.3) is 0 Å². The number of likely N-dealkylation sites (tertiary alicyclic amines) is 1. The summed E-state index contributed by atoms with van der Waals surface area (Å²) < 4.78 is 5.46. The van der Waals surface area contributed by atoms with E-state index >= 15 is 0 Å². The van der Waals surface area contributed by atoms with Gasteiger partial charge in [0.25, 0.3) is 0 Å². The first kappa shape index (κ1) is 14.5. The van der Waals surface area contributed by atoms with Crippen molar-refractivity contribution >= 4 is 5.97 Å². The number of hydrogen-bond donors (Lipinski definition) is 1. The zero-order valence-corrected chi connectivity index (χ0v) is 12.3. The molecule has 0 saturated carbocycles.